The van der Waals surface area contributed by atoms with Gasteiger partial charge in [0.25, 0.3) is 0 Å². The van der Waals surface area contributed by atoms with Gasteiger partial charge in [0.1, 0.15) is 11.2 Å². The first-order chi connectivity index (χ1) is 8.00. The maximum Gasteiger partial charge on any atom is 0.169 e. The summed E-state index contributed by atoms with van der Waals surface area (Å²) in [4.78, 5) is 5.85. The maximum absolute atomic E-state index is 11.8. The highest BCUT2D eigenvalue weighted by Crippen LogP contribution is 2.29. The summed E-state index contributed by atoms with van der Waals surface area (Å²) < 4.78 is 23.5. The van der Waals surface area contributed by atoms with Crippen molar-refractivity contribution in [2.24, 2.45) is 0 Å². The molecule has 1 aromatic heterocycles. The number of nitrogen functional groups attached to an aromatic ring is 1. The molecule has 1 aliphatic heterocycles. The number of hydrogen-bond acceptors (Lipinski definition) is 6. The second-order valence-corrected chi connectivity index (χ2v) is 7.31. The molecule has 1 aromatic rings. The average molecular weight is 273 g/mol. The first-order valence-electron chi connectivity index (χ1n) is 5.24. The van der Waals surface area contributed by atoms with Gasteiger partial charge in [0.15, 0.2) is 9.84 Å². The molecule has 2 rings (SSSR count). The van der Waals surface area contributed by atoms with Crippen molar-refractivity contribution in [1.82, 2.24) is 4.98 Å². The molecule has 0 amide bonds. The molecule has 94 valence electrons. The molecule has 0 spiro atoms. The summed E-state index contributed by atoms with van der Waals surface area (Å²) in [6, 6.07) is 3.59. The SMILES string of the molecule is CS(=O)(=O)C1CSCCN1c1cccnc1N. The van der Waals surface area contributed by atoms with Crippen molar-refractivity contribution >= 4 is 33.1 Å². The van der Waals surface area contributed by atoms with Gasteiger partial charge in [0.2, 0.25) is 0 Å². The molecule has 0 aliphatic carbocycles. The minimum Gasteiger partial charge on any atom is -0.382 e. The molecule has 0 saturated carbocycles. The molecule has 1 unspecified atom stereocenters. The molecule has 17 heavy (non-hydrogen) atoms. The molecule has 0 bridgehead atoms. The molecule has 5 nitrogen and oxygen atoms in total. The largest absolute Gasteiger partial charge is 0.382 e. The van der Waals surface area contributed by atoms with Crippen LogP contribution in [-0.2, 0) is 9.84 Å². The number of sulfone groups is 1. The van der Waals surface area contributed by atoms with Crippen LogP contribution in [0.5, 0.6) is 0 Å². The van der Waals surface area contributed by atoms with Crippen molar-refractivity contribution < 1.29 is 8.42 Å². The quantitative estimate of drug-likeness (QED) is 0.850. The smallest absolute Gasteiger partial charge is 0.169 e. The lowest BCUT2D eigenvalue weighted by molar-refractivity contribution is 0.584. The molecule has 2 heterocycles. The summed E-state index contributed by atoms with van der Waals surface area (Å²) >= 11 is 1.65. The highest BCUT2D eigenvalue weighted by molar-refractivity contribution is 8.01. The average Bonchev–Trinajstić information content (AvgIpc) is 2.28. The van der Waals surface area contributed by atoms with E-state index in [1.807, 2.05) is 11.0 Å². The van der Waals surface area contributed by atoms with Crippen LogP contribution in [0.3, 0.4) is 0 Å². The number of anilines is 2. The fourth-order valence-corrected chi connectivity index (χ4v) is 4.70. The van der Waals surface area contributed by atoms with Crippen LogP contribution in [0.25, 0.3) is 0 Å². The number of hydrogen-bond donors (Lipinski definition) is 1. The Balaban J connectivity index is 2.38. The van der Waals surface area contributed by atoms with Gasteiger partial charge in [0.05, 0.1) is 5.69 Å². The zero-order chi connectivity index (χ0) is 12.5. The zero-order valence-corrected chi connectivity index (χ0v) is 11.2. The number of rotatable bonds is 2. The Morgan fingerprint density at radius 3 is 3.00 bits per heavy atom. The molecular formula is C10H15N3O2S2. The van der Waals surface area contributed by atoms with Crippen molar-refractivity contribution in [3.05, 3.63) is 18.3 Å². The van der Waals surface area contributed by atoms with Gasteiger partial charge < -0.3 is 10.6 Å². The van der Waals surface area contributed by atoms with E-state index in [0.717, 1.165) is 5.75 Å². The fourth-order valence-electron chi connectivity index (χ4n) is 1.86. The first-order valence-corrected chi connectivity index (χ1v) is 8.35. The van der Waals surface area contributed by atoms with Gasteiger partial charge in [-0.2, -0.15) is 11.8 Å². The minimum absolute atomic E-state index is 0.382. The first kappa shape index (κ1) is 12.5. The van der Waals surface area contributed by atoms with Gasteiger partial charge in [0, 0.05) is 30.5 Å². The Labute approximate surface area is 105 Å². The third kappa shape index (κ3) is 2.66. The van der Waals surface area contributed by atoms with E-state index in [-0.39, 0.29) is 0 Å². The van der Waals surface area contributed by atoms with E-state index in [0.29, 0.717) is 23.8 Å². The molecule has 7 heteroatoms. The summed E-state index contributed by atoms with van der Waals surface area (Å²) in [5.41, 5.74) is 6.51. The maximum atomic E-state index is 11.8. The minimum atomic E-state index is -3.12. The Bertz CT molecular complexity index is 504. The third-order valence-corrected chi connectivity index (χ3v) is 5.35. The molecule has 2 N–H and O–H groups in total. The lowest BCUT2D eigenvalue weighted by Gasteiger charge is -2.36. The van der Waals surface area contributed by atoms with Crippen molar-refractivity contribution in [3.63, 3.8) is 0 Å². The topological polar surface area (TPSA) is 76.3 Å². The molecule has 0 radical (unpaired) electrons. The van der Waals surface area contributed by atoms with Crippen molar-refractivity contribution in [3.8, 4) is 0 Å². The van der Waals surface area contributed by atoms with E-state index in [4.69, 9.17) is 5.73 Å². The summed E-state index contributed by atoms with van der Waals surface area (Å²) in [7, 11) is -3.12. The van der Waals surface area contributed by atoms with E-state index >= 15 is 0 Å². The molecule has 1 saturated heterocycles. The van der Waals surface area contributed by atoms with Crippen LogP contribution in [0.15, 0.2) is 18.3 Å². The second-order valence-electron chi connectivity index (χ2n) is 3.96. The monoisotopic (exact) mass is 273 g/mol. The highest BCUT2D eigenvalue weighted by atomic mass is 32.2. The number of pyridine rings is 1. The van der Waals surface area contributed by atoms with Crippen LogP contribution < -0.4 is 10.6 Å². The molecule has 1 atom stereocenters. The Kier molecular flexibility index (Phi) is 3.48. The predicted molar refractivity (Wildman–Crippen MR) is 72.0 cm³/mol. The van der Waals surface area contributed by atoms with E-state index < -0.39 is 15.2 Å². The van der Waals surface area contributed by atoms with Crippen LogP contribution in [0.2, 0.25) is 0 Å². The molecule has 0 aromatic carbocycles. The van der Waals surface area contributed by atoms with E-state index in [9.17, 15) is 8.42 Å². The number of nitrogens with zero attached hydrogens (tertiary/aromatic N) is 2. The van der Waals surface area contributed by atoms with Gasteiger partial charge in [-0.15, -0.1) is 0 Å². The lowest BCUT2D eigenvalue weighted by Crippen LogP contribution is -2.47. The van der Waals surface area contributed by atoms with Crippen molar-refractivity contribution in [2.45, 2.75) is 5.37 Å². The van der Waals surface area contributed by atoms with Crippen LogP contribution in [0.1, 0.15) is 0 Å². The zero-order valence-electron chi connectivity index (χ0n) is 9.54. The summed E-state index contributed by atoms with van der Waals surface area (Å²) in [5, 5.41) is -0.507. The van der Waals surface area contributed by atoms with Gasteiger partial charge in [-0.3, -0.25) is 0 Å². The Morgan fingerprint density at radius 1 is 1.59 bits per heavy atom. The number of nitrogens with two attached hydrogens (primary N) is 1. The number of thioether (sulfide) groups is 1. The van der Waals surface area contributed by atoms with Crippen LogP contribution in [-0.4, -0.2) is 43.1 Å². The Hall–Kier alpha value is -0.950. The van der Waals surface area contributed by atoms with Gasteiger partial charge in [-0.05, 0) is 12.1 Å². The fraction of sp³-hybridized carbons (Fsp3) is 0.500. The number of aromatic nitrogens is 1. The standard InChI is InChI=1S/C10H15N3O2S2/c1-17(14,15)9-7-16-6-5-13(9)8-3-2-4-12-10(8)11/h2-4,9H,5-7H2,1H3,(H2,11,12). The second kappa shape index (κ2) is 4.73. The molecule has 1 aliphatic rings. The summed E-state index contributed by atoms with van der Waals surface area (Å²) in [5.74, 6) is 1.86. The summed E-state index contributed by atoms with van der Waals surface area (Å²) in [6.45, 7) is 0.679. The van der Waals surface area contributed by atoms with E-state index in [2.05, 4.69) is 4.98 Å². The van der Waals surface area contributed by atoms with Crippen LogP contribution in [0.4, 0.5) is 11.5 Å². The normalized spacial score (nSPS) is 21.5. The highest BCUT2D eigenvalue weighted by Gasteiger charge is 2.32. The molecular weight excluding hydrogens is 258 g/mol. The Morgan fingerprint density at radius 2 is 2.35 bits per heavy atom. The van der Waals surface area contributed by atoms with E-state index in [1.54, 1.807) is 24.0 Å². The van der Waals surface area contributed by atoms with Crippen LogP contribution in [0, 0.1) is 0 Å². The van der Waals surface area contributed by atoms with Crippen LogP contribution >= 0.6 is 11.8 Å². The van der Waals surface area contributed by atoms with E-state index in [1.165, 1.54) is 6.26 Å². The van der Waals surface area contributed by atoms with Gasteiger partial charge in [-0.25, -0.2) is 13.4 Å². The lowest BCUT2D eigenvalue weighted by atomic mass is 10.3. The van der Waals surface area contributed by atoms with Gasteiger partial charge in [-0.1, -0.05) is 0 Å². The molecule has 1 fully saturated rings. The summed E-state index contributed by atoms with van der Waals surface area (Å²) in [6.07, 6.45) is 2.87. The third-order valence-electron chi connectivity index (χ3n) is 2.70. The van der Waals surface area contributed by atoms with Crippen molar-refractivity contribution in [1.29, 1.82) is 0 Å². The predicted octanol–water partition coefficient (Wildman–Crippen LogP) is 0.588. The van der Waals surface area contributed by atoms with Gasteiger partial charge >= 0.3 is 0 Å². The van der Waals surface area contributed by atoms with Crippen molar-refractivity contribution in [2.75, 3.05) is 34.9 Å².